The lowest BCUT2D eigenvalue weighted by Gasteiger charge is -2.14. The minimum Gasteiger partial charge on any atom is -0.448 e. The van der Waals surface area contributed by atoms with Gasteiger partial charge in [0, 0.05) is 12.5 Å². The van der Waals surface area contributed by atoms with Crippen LogP contribution in [-0.4, -0.2) is 27.8 Å². The summed E-state index contributed by atoms with van der Waals surface area (Å²) in [6, 6.07) is 19.2. The van der Waals surface area contributed by atoms with Crippen LogP contribution in [0.1, 0.15) is 53.0 Å². The standard InChI is InChI=1S/C24H25N3O3/c1-16-8-10-18(11-9-16)15-25-23(28)17(2)30-24(29)22-14-21(19-12-13-19)26-27(22)20-6-4-3-5-7-20/h3-11,14,17,19H,12-13,15H2,1-2H3,(H,25,28)/t17-/m1/s1. The second-order valence-corrected chi connectivity index (χ2v) is 7.73. The third-order valence-corrected chi connectivity index (χ3v) is 5.17. The molecule has 0 aliphatic heterocycles. The van der Waals surface area contributed by atoms with E-state index in [1.54, 1.807) is 17.7 Å². The van der Waals surface area contributed by atoms with Gasteiger partial charge < -0.3 is 10.1 Å². The number of carbonyl (C=O) groups excluding carboxylic acids is 2. The first-order valence-corrected chi connectivity index (χ1v) is 10.2. The van der Waals surface area contributed by atoms with E-state index < -0.39 is 12.1 Å². The minimum absolute atomic E-state index is 0.335. The van der Waals surface area contributed by atoms with Gasteiger partial charge in [-0.1, -0.05) is 48.0 Å². The van der Waals surface area contributed by atoms with Crippen molar-refractivity contribution < 1.29 is 14.3 Å². The Bertz CT molecular complexity index is 1040. The van der Waals surface area contributed by atoms with Crippen molar-refractivity contribution in [3.8, 4) is 5.69 Å². The fourth-order valence-electron chi connectivity index (χ4n) is 3.20. The highest BCUT2D eigenvalue weighted by atomic mass is 16.5. The van der Waals surface area contributed by atoms with E-state index in [1.807, 2.05) is 61.5 Å². The molecule has 0 spiro atoms. The maximum absolute atomic E-state index is 12.9. The lowest BCUT2D eigenvalue weighted by molar-refractivity contribution is -0.129. The van der Waals surface area contributed by atoms with E-state index in [0.29, 0.717) is 18.2 Å². The number of aromatic nitrogens is 2. The number of ether oxygens (including phenoxy) is 1. The van der Waals surface area contributed by atoms with Crippen molar-refractivity contribution in [2.45, 2.75) is 45.3 Å². The van der Waals surface area contributed by atoms with Crippen LogP contribution in [-0.2, 0) is 16.1 Å². The van der Waals surface area contributed by atoms with Crippen molar-refractivity contribution in [3.05, 3.63) is 83.2 Å². The zero-order valence-corrected chi connectivity index (χ0v) is 17.2. The van der Waals surface area contributed by atoms with Gasteiger partial charge in [0.1, 0.15) is 0 Å². The van der Waals surface area contributed by atoms with Crippen molar-refractivity contribution >= 4 is 11.9 Å². The SMILES string of the molecule is Cc1ccc(CNC(=O)[C@@H](C)OC(=O)c2cc(C3CC3)nn2-c2ccccc2)cc1. The number of para-hydroxylation sites is 1. The first-order chi connectivity index (χ1) is 14.5. The van der Waals surface area contributed by atoms with E-state index in [2.05, 4.69) is 10.4 Å². The molecule has 6 heteroatoms. The lowest BCUT2D eigenvalue weighted by Crippen LogP contribution is -2.35. The average Bonchev–Trinajstić information content (AvgIpc) is 3.51. The highest BCUT2D eigenvalue weighted by molar-refractivity contribution is 5.91. The van der Waals surface area contributed by atoms with Crippen LogP contribution < -0.4 is 5.32 Å². The Morgan fingerprint density at radius 1 is 1.13 bits per heavy atom. The number of aryl methyl sites for hydroxylation is 1. The summed E-state index contributed by atoms with van der Waals surface area (Å²) >= 11 is 0. The van der Waals surface area contributed by atoms with Gasteiger partial charge in [-0.3, -0.25) is 4.79 Å². The van der Waals surface area contributed by atoms with E-state index in [0.717, 1.165) is 35.3 Å². The van der Waals surface area contributed by atoms with Crippen LogP contribution >= 0.6 is 0 Å². The van der Waals surface area contributed by atoms with E-state index in [4.69, 9.17) is 4.74 Å². The Balaban J connectivity index is 1.43. The Morgan fingerprint density at radius 3 is 2.50 bits per heavy atom. The number of benzene rings is 2. The summed E-state index contributed by atoms with van der Waals surface area (Å²) in [5.74, 6) is -0.495. The molecule has 3 aromatic rings. The number of esters is 1. The summed E-state index contributed by atoms with van der Waals surface area (Å²) in [5.41, 5.74) is 4.16. The third-order valence-electron chi connectivity index (χ3n) is 5.17. The zero-order chi connectivity index (χ0) is 21.1. The molecule has 0 unspecified atom stereocenters. The molecule has 30 heavy (non-hydrogen) atoms. The van der Waals surface area contributed by atoms with Crippen molar-refractivity contribution in [2.75, 3.05) is 0 Å². The van der Waals surface area contributed by atoms with Crippen LogP contribution in [0.3, 0.4) is 0 Å². The maximum Gasteiger partial charge on any atom is 0.357 e. The van der Waals surface area contributed by atoms with Crippen molar-refractivity contribution in [2.24, 2.45) is 0 Å². The van der Waals surface area contributed by atoms with Gasteiger partial charge in [-0.25, -0.2) is 9.48 Å². The first kappa shape index (κ1) is 19.9. The Morgan fingerprint density at radius 2 is 1.83 bits per heavy atom. The van der Waals surface area contributed by atoms with E-state index in [1.165, 1.54) is 0 Å². The van der Waals surface area contributed by atoms with Crippen molar-refractivity contribution in [3.63, 3.8) is 0 Å². The molecule has 1 aliphatic carbocycles. The number of hydrogen-bond acceptors (Lipinski definition) is 4. The summed E-state index contributed by atoms with van der Waals surface area (Å²) in [4.78, 5) is 25.3. The molecule has 6 nitrogen and oxygen atoms in total. The lowest BCUT2D eigenvalue weighted by atomic mass is 10.1. The van der Waals surface area contributed by atoms with Gasteiger partial charge in [-0.2, -0.15) is 5.10 Å². The molecule has 2 aromatic carbocycles. The predicted octanol–water partition coefficient (Wildman–Crippen LogP) is 3.92. The Hall–Kier alpha value is -3.41. The summed E-state index contributed by atoms with van der Waals surface area (Å²) in [6.07, 6.45) is 1.25. The maximum atomic E-state index is 12.9. The highest BCUT2D eigenvalue weighted by Gasteiger charge is 2.30. The molecule has 4 rings (SSSR count). The van der Waals surface area contributed by atoms with Crippen LogP contribution in [0.2, 0.25) is 0 Å². The van der Waals surface area contributed by atoms with Gasteiger partial charge in [0.25, 0.3) is 5.91 Å². The Kier molecular flexibility index (Phi) is 5.65. The second kappa shape index (κ2) is 8.53. The van der Waals surface area contributed by atoms with Crippen LogP contribution in [0, 0.1) is 6.92 Å². The van der Waals surface area contributed by atoms with Gasteiger partial charge in [-0.05, 0) is 50.5 Å². The summed E-state index contributed by atoms with van der Waals surface area (Å²) < 4.78 is 7.07. The molecule has 0 bridgehead atoms. The molecule has 1 amide bonds. The van der Waals surface area contributed by atoms with Gasteiger partial charge in [0.15, 0.2) is 11.8 Å². The van der Waals surface area contributed by atoms with Crippen LogP contribution in [0.5, 0.6) is 0 Å². The number of nitrogens with one attached hydrogen (secondary N) is 1. The van der Waals surface area contributed by atoms with Gasteiger partial charge in [0.2, 0.25) is 0 Å². The number of hydrogen-bond donors (Lipinski definition) is 1. The fourth-order valence-corrected chi connectivity index (χ4v) is 3.20. The molecule has 1 N–H and O–H groups in total. The second-order valence-electron chi connectivity index (χ2n) is 7.73. The monoisotopic (exact) mass is 403 g/mol. The number of rotatable bonds is 7. The molecule has 0 saturated heterocycles. The van der Waals surface area contributed by atoms with E-state index >= 15 is 0 Å². The minimum atomic E-state index is -0.911. The highest BCUT2D eigenvalue weighted by Crippen LogP contribution is 2.39. The normalized spacial score (nSPS) is 14.2. The number of amides is 1. The average molecular weight is 403 g/mol. The summed E-state index contributed by atoms with van der Waals surface area (Å²) in [6.45, 7) is 3.97. The summed E-state index contributed by atoms with van der Waals surface area (Å²) in [7, 11) is 0. The first-order valence-electron chi connectivity index (χ1n) is 10.2. The molecular formula is C24H25N3O3. The van der Waals surface area contributed by atoms with E-state index in [9.17, 15) is 9.59 Å². The molecule has 1 saturated carbocycles. The zero-order valence-electron chi connectivity index (χ0n) is 17.2. The summed E-state index contributed by atoms with van der Waals surface area (Å²) in [5, 5.41) is 7.43. The Labute approximate surface area is 175 Å². The predicted molar refractivity (Wildman–Crippen MR) is 113 cm³/mol. The van der Waals surface area contributed by atoms with Gasteiger partial charge in [0.05, 0.1) is 11.4 Å². The fraction of sp³-hybridized carbons (Fsp3) is 0.292. The third kappa shape index (κ3) is 4.59. The smallest absolute Gasteiger partial charge is 0.357 e. The van der Waals surface area contributed by atoms with Crippen molar-refractivity contribution in [1.82, 2.24) is 15.1 Å². The quantitative estimate of drug-likeness (QED) is 0.607. The number of nitrogens with zero attached hydrogens (tertiary/aromatic N) is 2. The van der Waals surface area contributed by atoms with E-state index in [-0.39, 0.29) is 5.91 Å². The molecule has 1 aromatic heterocycles. The van der Waals surface area contributed by atoms with Crippen molar-refractivity contribution in [1.29, 1.82) is 0 Å². The largest absolute Gasteiger partial charge is 0.448 e. The topological polar surface area (TPSA) is 73.2 Å². The number of carbonyl (C=O) groups is 2. The van der Waals surface area contributed by atoms with Crippen LogP contribution in [0.4, 0.5) is 0 Å². The molecule has 154 valence electrons. The molecular weight excluding hydrogens is 378 g/mol. The van der Waals surface area contributed by atoms with Gasteiger partial charge in [-0.15, -0.1) is 0 Å². The van der Waals surface area contributed by atoms with Gasteiger partial charge >= 0.3 is 5.97 Å². The molecule has 1 aliphatic rings. The molecule has 1 heterocycles. The van der Waals surface area contributed by atoms with Crippen LogP contribution in [0.15, 0.2) is 60.7 Å². The van der Waals surface area contributed by atoms with Crippen LogP contribution in [0.25, 0.3) is 5.69 Å². The molecule has 1 atom stereocenters. The molecule has 1 fully saturated rings. The molecule has 0 radical (unpaired) electrons.